The first-order valence-electron chi connectivity index (χ1n) is 6.27. The number of amides is 1. The molecule has 1 amide bonds. The van der Waals surface area contributed by atoms with Crippen LogP contribution >= 0.6 is 0 Å². The van der Waals surface area contributed by atoms with Gasteiger partial charge in [-0.2, -0.15) is 0 Å². The highest BCUT2D eigenvalue weighted by atomic mass is 16.3. The van der Waals surface area contributed by atoms with E-state index in [1.54, 1.807) is 18.2 Å². The molecule has 1 aromatic carbocycles. The zero-order valence-corrected chi connectivity index (χ0v) is 9.78. The van der Waals surface area contributed by atoms with Gasteiger partial charge in [0.05, 0.1) is 0 Å². The SMILES string of the molecule is O=C(NCC1(C2CC2)CC1)c1cccc(O)c1. The lowest BCUT2D eigenvalue weighted by Crippen LogP contribution is -2.31. The molecule has 2 fully saturated rings. The highest BCUT2D eigenvalue weighted by Gasteiger charge is 2.53. The van der Waals surface area contributed by atoms with Crippen LogP contribution in [0.15, 0.2) is 24.3 Å². The molecular formula is C14H17NO2. The molecule has 2 N–H and O–H groups in total. The summed E-state index contributed by atoms with van der Waals surface area (Å²) in [5.41, 5.74) is 0.962. The van der Waals surface area contributed by atoms with Crippen molar-refractivity contribution >= 4 is 5.91 Å². The van der Waals surface area contributed by atoms with Gasteiger partial charge in [-0.05, 0) is 55.2 Å². The van der Waals surface area contributed by atoms with Gasteiger partial charge >= 0.3 is 0 Å². The maximum atomic E-state index is 11.9. The van der Waals surface area contributed by atoms with Crippen LogP contribution in [0.3, 0.4) is 0 Å². The molecule has 2 aliphatic rings. The summed E-state index contributed by atoms with van der Waals surface area (Å²) in [6, 6.07) is 6.50. The van der Waals surface area contributed by atoms with Crippen molar-refractivity contribution in [3.8, 4) is 5.75 Å². The van der Waals surface area contributed by atoms with Gasteiger partial charge < -0.3 is 10.4 Å². The zero-order chi connectivity index (χ0) is 11.9. The lowest BCUT2D eigenvalue weighted by molar-refractivity contribution is 0.0942. The molecule has 0 radical (unpaired) electrons. The quantitative estimate of drug-likeness (QED) is 0.835. The van der Waals surface area contributed by atoms with E-state index in [2.05, 4.69) is 5.32 Å². The summed E-state index contributed by atoms with van der Waals surface area (Å²) < 4.78 is 0. The van der Waals surface area contributed by atoms with Crippen LogP contribution in [0.25, 0.3) is 0 Å². The second-order valence-electron chi connectivity index (χ2n) is 5.37. The normalized spacial score (nSPS) is 20.9. The number of nitrogens with one attached hydrogen (secondary N) is 1. The number of carbonyl (C=O) groups excluding carboxylic acids is 1. The van der Waals surface area contributed by atoms with Gasteiger partial charge in [0.25, 0.3) is 5.91 Å². The van der Waals surface area contributed by atoms with E-state index < -0.39 is 0 Å². The lowest BCUT2D eigenvalue weighted by Gasteiger charge is -2.14. The summed E-state index contributed by atoms with van der Waals surface area (Å²) in [4.78, 5) is 11.9. The molecule has 3 nitrogen and oxygen atoms in total. The maximum Gasteiger partial charge on any atom is 0.251 e. The molecule has 90 valence electrons. The van der Waals surface area contributed by atoms with Gasteiger partial charge in [-0.15, -0.1) is 0 Å². The van der Waals surface area contributed by atoms with Crippen molar-refractivity contribution in [2.24, 2.45) is 11.3 Å². The van der Waals surface area contributed by atoms with Gasteiger partial charge in [-0.1, -0.05) is 6.07 Å². The van der Waals surface area contributed by atoms with Gasteiger partial charge in [0.1, 0.15) is 5.75 Å². The molecule has 2 saturated carbocycles. The first-order valence-corrected chi connectivity index (χ1v) is 6.27. The Bertz CT molecular complexity index is 447. The number of phenolic OH excluding ortho intramolecular Hbond substituents is 1. The van der Waals surface area contributed by atoms with Crippen molar-refractivity contribution < 1.29 is 9.90 Å². The molecule has 17 heavy (non-hydrogen) atoms. The summed E-state index contributed by atoms with van der Waals surface area (Å²) >= 11 is 0. The van der Waals surface area contributed by atoms with Crippen LogP contribution in [-0.4, -0.2) is 17.6 Å². The fraction of sp³-hybridized carbons (Fsp3) is 0.500. The average molecular weight is 231 g/mol. The Hall–Kier alpha value is -1.51. The number of phenols is 1. The Balaban J connectivity index is 1.60. The Kier molecular flexibility index (Phi) is 2.35. The minimum Gasteiger partial charge on any atom is -0.508 e. The molecule has 0 aromatic heterocycles. The van der Waals surface area contributed by atoms with Crippen LogP contribution in [-0.2, 0) is 0 Å². The van der Waals surface area contributed by atoms with Crippen molar-refractivity contribution in [3.63, 3.8) is 0 Å². The molecule has 3 rings (SSSR count). The minimum absolute atomic E-state index is 0.0761. The van der Waals surface area contributed by atoms with Crippen LogP contribution in [0, 0.1) is 11.3 Å². The number of rotatable bonds is 4. The summed E-state index contributed by atoms with van der Waals surface area (Å²) in [6.45, 7) is 0.798. The number of hydrogen-bond acceptors (Lipinski definition) is 2. The van der Waals surface area contributed by atoms with Gasteiger partial charge in [-0.25, -0.2) is 0 Å². The number of benzene rings is 1. The van der Waals surface area contributed by atoms with Crippen molar-refractivity contribution in [2.45, 2.75) is 25.7 Å². The van der Waals surface area contributed by atoms with E-state index in [4.69, 9.17) is 0 Å². The number of aromatic hydroxyl groups is 1. The zero-order valence-electron chi connectivity index (χ0n) is 9.78. The Morgan fingerprint density at radius 2 is 2.18 bits per heavy atom. The van der Waals surface area contributed by atoms with Crippen molar-refractivity contribution in [3.05, 3.63) is 29.8 Å². The van der Waals surface area contributed by atoms with Gasteiger partial charge in [-0.3, -0.25) is 4.79 Å². The van der Waals surface area contributed by atoms with Gasteiger partial charge in [0.15, 0.2) is 0 Å². The minimum atomic E-state index is -0.0761. The summed E-state index contributed by atoms with van der Waals surface area (Å²) in [5.74, 6) is 0.917. The summed E-state index contributed by atoms with van der Waals surface area (Å²) in [7, 11) is 0. The van der Waals surface area contributed by atoms with E-state index in [1.165, 1.54) is 31.7 Å². The largest absolute Gasteiger partial charge is 0.508 e. The number of carbonyl (C=O) groups is 1. The average Bonchev–Trinajstić information content (AvgIpc) is 3.15. The molecule has 0 aliphatic heterocycles. The highest BCUT2D eigenvalue weighted by molar-refractivity contribution is 5.94. The van der Waals surface area contributed by atoms with Crippen LogP contribution in [0.1, 0.15) is 36.0 Å². The fourth-order valence-electron chi connectivity index (χ4n) is 2.59. The van der Waals surface area contributed by atoms with Crippen LogP contribution in [0.2, 0.25) is 0 Å². The first kappa shape index (κ1) is 10.6. The molecule has 0 heterocycles. The third kappa shape index (κ3) is 2.14. The second-order valence-corrected chi connectivity index (χ2v) is 5.37. The molecule has 2 aliphatic carbocycles. The molecular weight excluding hydrogens is 214 g/mol. The standard InChI is InChI=1S/C14H17NO2/c16-12-3-1-2-10(8-12)13(17)15-9-14(6-7-14)11-4-5-11/h1-3,8,11,16H,4-7,9H2,(H,15,17). The maximum absolute atomic E-state index is 11.9. The van der Waals surface area contributed by atoms with E-state index in [1.807, 2.05) is 0 Å². The Morgan fingerprint density at radius 1 is 1.41 bits per heavy atom. The first-order chi connectivity index (χ1) is 8.20. The van der Waals surface area contributed by atoms with E-state index in [0.717, 1.165) is 12.5 Å². The monoisotopic (exact) mass is 231 g/mol. The third-order valence-corrected chi connectivity index (χ3v) is 4.04. The second kappa shape index (κ2) is 3.76. The van der Waals surface area contributed by atoms with Crippen molar-refractivity contribution in [1.29, 1.82) is 0 Å². The summed E-state index contributed by atoms with van der Waals surface area (Å²) in [5, 5.41) is 12.3. The fourth-order valence-corrected chi connectivity index (χ4v) is 2.59. The third-order valence-electron chi connectivity index (χ3n) is 4.04. The molecule has 0 spiro atoms. The van der Waals surface area contributed by atoms with Gasteiger partial charge in [0.2, 0.25) is 0 Å². The predicted molar refractivity (Wildman–Crippen MR) is 64.8 cm³/mol. The predicted octanol–water partition coefficient (Wildman–Crippen LogP) is 2.31. The van der Waals surface area contributed by atoms with Crippen LogP contribution < -0.4 is 5.32 Å². The smallest absolute Gasteiger partial charge is 0.251 e. The van der Waals surface area contributed by atoms with E-state index in [0.29, 0.717) is 11.0 Å². The lowest BCUT2D eigenvalue weighted by atomic mass is 10.0. The van der Waals surface area contributed by atoms with E-state index in [9.17, 15) is 9.90 Å². The molecule has 0 saturated heterocycles. The van der Waals surface area contributed by atoms with Gasteiger partial charge in [0, 0.05) is 12.1 Å². The van der Waals surface area contributed by atoms with Crippen LogP contribution in [0.4, 0.5) is 0 Å². The van der Waals surface area contributed by atoms with E-state index in [-0.39, 0.29) is 11.7 Å². The molecule has 1 aromatic rings. The Morgan fingerprint density at radius 3 is 2.76 bits per heavy atom. The summed E-state index contributed by atoms with van der Waals surface area (Å²) in [6.07, 6.45) is 5.19. The van der Waals surface area contributed by atoms with Crippen LogP contribution in [0.5, 0.6) is 5.75 Å². The molecule has 0 atom stereocenters. The highest BCUT2D eigenvalue weighted by Crippen LogP contribution is 2.60. The molecule has 3 heteroatoms. The van der Waals surface area contributed by atoms with Crippen molar-refractivity contribution in [1.82, 2.24) is 5.32 Å². The Labute approximate surface area is 101 Å². The molecule has 0 unspecified atom stereocenters. The number of hydrogen-bond donors (Lipinski definition) is 2. The molecule has 0 bridgehead atoms. The topological polar surface area (TPSA) is 49.3 Å². The van der Waals surface area contributed by atoms with E-state index >= 15 is 0 Å². The van der Waals surface area contributed by atoms with Crippen molar-refractivity contribution in [2.75, 3.05) is 6.54 Å².